The summed E-state index contributed by atoms with van der Waals surface area (Å²) in [6.45, 7) is 0.337. The van der Waals surface area contributed by atoms with E-state index in [2.05, 4.69) is 0 Å². The topological polar surface area (TPSA) is 94.6 Å². The van der Waals surface area contributed by atoms with Gasteiger partial charge in [0.05, 0.1) is 11.5 Å². The number of hydrogen-bond acceptors (Lipinski definition) is 6. The van der Waals surface area contributed by atoms with Gasteiger partial charge in [-0.2, -0.15) is 5.26 Å². The van der Waals surface area contributed by atoms with Gasteiger partial charge in [-0.1, -0.05) is 35.9 Å². The number of fused-ring (bicyclic) bond motifs is 1. The van der Waals surface area contributed by atoms with Crippen LogP contribution in [0.4, 0.5) is 8.78 Å². The molecular weight excluding hydrogens is 526 g/mol. The van der Waals surface area contributed by atoms with Crippen molar-refractivity contribution < 1.29 is 27.8 Å². The average Bonchev–Trinajstić information content (AvgIpc) is 2.92. The second-order valence-electron chi connectivity index (χ2n) is 8.62. The molecule has 1 atom stereocenters. The molecule has 9 heteroatoms. The second-order valence-corrected chi connectivity index (χ2v) is 9.06. The van der Waals surface area contributed by atoms with Gasteiger partial charge in [0.2, 0.25) is 5.88 Å². The highest BCUT2D eigenvalue weighted by molar-refractivity contribution is 6.30. The maximum atomic E-state index is 14.6. The number of nitriles is 1. The summed E-state index contributed by atoms with van der Waals surface area (Å²) in [5.74, 6) is -2.46. The number of nitrogens with zero attached hydrogens (tertiary/aromatic N) is 1. The van der Waals surface area contributed by atoms with Crippen molar-refractivity contribution in [2.75, 3.05) is 0 Å². The molecule has 0 aliphatic carbocycles. The number of nitrogens with two attached hydrogens (primary N) is 1. The van der Waals surface area contributed by atoms with Gasteiger partial charge < -0.3 is 19.9 Å². The summed E-state index contributed by atoms with van der Waals surface area (Å²) in [5, 5.41) is 10.3. The van der Waals surface area contributed by atoms with Gasteiger partial charge in [-0.25, -0.2) is 13.6 Å². The van der Waals surface area contributed by atoms with Crippen LogP contribution in [0.25, 0.3) is 0 Å². The summed E-state index contributed by atoms with van der Waals surface area (Å²) in [5.41, 5.74) is 7.63. The molecule has 4 aromatic rings. The van der Waals surface area contributed by atoms with Crippen LogP contribution in [0.15, 0.2) is 96.4 Å². The Balaban J connectivity index is 1.32. The van der Waals surface area contributed by atoms with Crippen LogP contribution in [0.1, 0.15) is 33.0 Å². The Kier molecular flexibility index (Phi) is 7.17. The highest BCUT2D eigenvalue weighted by Crippen LogP contribution is 2.44. The van der Waals surface area contributed by atoms with Crippen molar-refractivity contribution in [2.45, 2.75) is 12.5 Å². The molecule has 5 rings (SSSR count). The fourth-order valence-corrected chi connectivity index (χ4v) is 4.28. The van der Waals surface area contributed by atoms with Gasteiger partial charge in [-0.3, -0.25) is 0 Å². The molecule has 1 aliphatic heterocycles. The van der Waals surface area contributed by atoms with Crippen molar-refractivity contribution in [1.29, 1.82) is 5.26 Å². The Morgan fingerprint density at radius 1 is 0.949 bits per heavy atom. The van der Waals surface area contributed by atoms with Crippen molar-refractivity contribution >= 4 is 17.6 Å². The van der Waals surface area contributed by atoms with Crippen LogP contribution in [-0.2, 0) is 6.61 Å². The molecule has 0 bridgehead atoms. The molecule has 2 N–H and O–H groups in total. The van der Waals surface area contributed by atoms with E-state index in [1.807, 2.05) is 18.2 Å². The molecule has 0 unspecified atom stereocenters. The molecule has 194 valence electrons. The minimum Gasteiger partial charge on any atom is -0.489 e. The number of carbonyl (C=O) groups excluding carboxylic acids is 1. The van der Waals surface area contributed by atoms with E-state index in [4.69, 9.17) is 31.5 Å². The number of halogens is 3. The summed E-state index contributed by atoms with van der Waals surface area (Å²) >= 11 is 5.89. The largest absolute Gasteiger partial charge is 0.489 e. The molecule has 39 heavy (non-hydrogen) atoms. The highest BCUT2D eigenvalue weighted by Gasteiger charge is 2.33. The lowest BCUT2D eigenvalue weighted by Gasteiger charge is -2.27. The van der Waals surface area contributed by atoms with E-state index in [0.717, 1.165) is 17.7 Å². The third kappa shape index (κ3) is 5.54. The lowest BCUT2D eigenvalue weighted by atomic mass is 9.83. The number of ether oxygens (including phenoxy) is 3. The zero-order chi connectivity index (χ0) is 27.5. The molecular formula is C30H19ClF2N2O4. The van der Waals surface area contributed by atoms with Crippen LogP contribution in [0.2, 0.25) is 5.02 Å². The normalized spacial score (nSPS) is 14.2. The number of carbonyl (C=O) groups is 1. The van der Waals surface area contributed by atoms with E-state index in [-0.39, 0.29) is 34.1 Å². The fraction of sp³-hybridized carbons (Fsp3) is 0.0667. The molecule has 4 aromatic carbocycles. The first-order valence-corrected chi connectivity index (χ1v) is 12.1. The van der Waals surface area contributed by atoms with Crippen molar-refractivity contribution in [2.24, 2.45) is 5.73 Å². The van der Waals surface area contributed by atoms with E-state index >= 15 is 0 Å². The summed E-state index contributed by atoms with van der Waals surface area (Å²) in [4.78, 5) is 12.8. The smallest absolute Gasteiger partial charge is 0.343 e. The number of benzene rings is 4. The molecule has 1 aliphatic rings. The maximum Gasteiger partial charge on any atom is 0.343 e. The van der Waals surface area contributed by atoms with E-state index in [1.165, 1.54) is 18.2 Å². The molecule has 0 saturated heterocycles. The molecule has 0 aromatic heterocycles. The standard InChI is InChI=1S/C30H19ClF2N2O4/c31-19-5-1-17(2-6-19)16-37-21-8-3-18(4-9-21)30(36)38-22-10-12-24-27(14-22)39-29(35)25(15-34)28(24)23-11-7-20(32)13-26(23)33/h1-14,28H,16,35H2/t28-/m0/s1. The molecule has 0 spiro atoms. The summed E-state index contributed by atoms with van der Waals surface area (Å²) in [6, 6.07) is 23.2. The summed E-state index contributed by atoms with van der Waals surface area (Å²) in [7, 11) is 0. The third-order valence-corrected chi connectivity index (χ3v) is 6.34. The lowest BCUT2D eigenvalue weighted by molar-refractivity contribution is 0.0734. The van der Waals surface area contributed by atoms with Gasteiger partial charge in [0.1, 0.15) is 47.1 Å². The molecule has 0 fully saturated rings. The van der Waals surface area contributed by atoms with Crippen LogP contribution >= 0.6 is 11.6 Å². The Hall–Kier alpha value is -4.87. The van der Waals surface area contributed by atoms with Crippen LogP contribution in [0.5, 0.6) is 17.2 Å². The van der Waals surface area contributed by atoms with Gasteiger partial charge in [-0.05, 0) is 54.1 Å². The van der Waals surface area contributed by atoms with Crippen molar-refractivity contribution in [3.8, 4) is 23.3 Å². The number of allylic oxidation sites excluding steroid dienone is 1. The zero-order valence-corrected chi connectivity index (χ0v) is 20.9. The van der Waals surface area contributed by atoms with Gasteiger partial charge in [-0.15, -0.1) is 0 Å². The summed E-state index contributed by atoms with van der Waals surface area (Å²) < 4.78 is 45.0. The van der Waals surface area contributed by atoms with Crippen molar-refractivity contribution in [3.63, 3.8) is 0 Å². The minimum absolute atomic E-state index is 0.0175. The van der Waals surface area contributed by atoms with E-state index < -0.39 is 23.5 Å². The molecule has 0 amide bonds. The third-order valence-electron chi connectivity index (χ3n) is 6.08. The first-order chi connectivity index (χ1) is 18.8. The maximum absolute atomic E-state index is 14.6. The quantitative estimate of drug-likeness (QED) is 0.216. The number of esters is 1. The van der Waals surface area contributed by atoms with Crippen LogP contribution < -0.4 is 19.9 Å². The van der Waals surface area contributed by atoms with E-state index in [9.17, 15) is 18.8 Å². The van der Waals surface area contributed by atoms with Gasteiger partial charge in [0.25, 0.3) is 0 Å². The molecule has 0 saturated carbocycles. The van der Waals surface area contributed by atoms with Gasteiger partial charge >= 0.3 is 5.97 Å². The Bertz CT molecular complexity index is 1630. The Morgan fingerprint density at radius 3 is 2.33 bits per heavy atom. The van der Waals surface area contributed by atoms with Gasteiger partial charge in [0.15, 0.2) is 0 Å². The fourth-order valence-electron chi connectivity index (χ4n) is 4.16. The minimum atomic E-state index is -0.926. The molecule has 1 heterocycles. The number of rotatable bonds is 6. The predicted molar refractivity (Wildman–Crippen MR) is 139 cm³/mol. The Labute approximate surface area is 227 Å². The Morgan fingerprint density at radius 2 is 1.64 bits per heavy atom. The van der Waals surface area contributed by atoms with Gasteiger partial charge in [0, 0.05) is 28.3 Å². The van der Waals surface area contributed by atoms with Crippen LogP contribution in [0.3, 0.4) is 0 Å². The number of hydrogen-bond donors (Lipinski definition) is 1. The van der Waals surface area contributed by atoms with Crippen molar-refractivity contribution in [3.05, 3.63) is 135 Å². The monoisotopic (exact) mass is 544 g/mol. The lowest BCUT2D eigenvalue weighted by Crippen LogP contribution is -2.22. The zero-order valence-electron chi connectivity index (χ0n) is 20.2. The average molecular weight is 545 g/mol. The molecule has 0 radical (unpaired) electrons. The summed E-state index contributed by atoms with van der Waals surface area (Å²) in [6.07, 6.45) is 0. The van der Waals surface area contributed by atoms with Crippen LogP contribution in [0, 0.1) is 23.0 Å². The van der Waals surface area contributed by atoms with Crippen LogP contribution in [-0.4, -0.2) is 5.97 Å². The first-order valence-electron chi connectivity index (χ1n) is 11.7. The molecule has 6 nitrogen and oxygen atoms in total. The highest BCUT2D eigenvalue weighted by atomic mass is 35.5. The van der Waals surface area contributed by atoms with Crippen molar-refractivity contribution in [1.82, 2.24) is 0 Å². The first kappa shape index (κ1) is 25.8. The second kappa shape index (κ2) is 10.9. The SMILES string of the molecule is N#CC1=C(N)Oc2cc(OC(=O)c3ccc(OCc4ccc(Cl)cc4)cc3)ccc2[C@@H]1c1ccc(F)cc1F. The van der Waals surface area contributed by atoms with E-state index in [1.54, 1.807) is 42.5 Å². The van der Waals surface area contributed by atoms with E-state index in [0.29, 0.717) is 22.9 Å². The predicted octanol–water partition coefficient (Wildman–Crippen LogP) is 6.63.